The first-order valence-electron chi connectivity index (χ1n) is 9.84. The molecule has 0 saturated heterocycles. The van der Waals surface area contributed by atoms with Crippen LogP contribution in [0.25, 0.3) is 26.4 Å². The lowest BCUT2D eigenvalue weighted by Gasteiger charge is -2.15. The molecule has 2 nitrogen and oxygen atoms in total. The Labute approximate surface area is 158 Å². The maximum atomic E-state index is 4.94. The maximum absolute atomic E-state index is 4.94. The quantitative estimate of drug-likeness (QED) is 0.409. The molecular weight excluding hydrogens is 336 g/mol. The maximum Gasteiger partial charge on any atom is 0.195 e. The minimum absolute atomic E-state index is 1.10. The minimum Gasteiger partial charge on any atom is -0.290 e. The normalized spacial score (nSPS) is 14.2. The van der Waals surface area contributed by atoms with Gasteiger partial charge in [-0.25, -0.2) is 4.98 Å². The molecule has 1 aliphatic carbocycles. The molecule has 2 aromatic heterocycles. The van der Waals surface area contributed by atoms with Crippen molar-refractivity contribution in [1.29, 1.82) is 0 Å². The number of hydrogen-bond acceptors (Lipinski definition) is 2. The molecule has 0 fully saturated rings. The van der Waals surface area contributed by atoms with Crippen molar-refractivity contribution < 1.29 is 0 Å². The molecule has 0 unspecified atom stereocenters. The number of rotatable bonds is 4. The Kier molecular flexibility index (Phi) is 4.05. The molecule has 5 rings (SSSR count). The van der Waals surface area contributed by atoms with Crippen LogP contribution in [0.4, 0.5) is 0 Å². The van der Waals surface area contributed by atoms with Gasteiger partial charge in [-0.2, -0.15) is 0 Å². The zero-order valence-electron chi connectivity index (χ0n) is 15.3. The summed E-state index contributed by atoms with van der Waals surface area (Å²) in [7, 11) is 0. The zero-order chi connectivity index (χ0) is 17.5. The largest absolute Gasteiger partial charge is 0.290 e. The molecule has 2 heterocycles. The molecule has 0 radical (unpaired) electrons. The SMILES string of the molecule is CCCCc1ccc2c(c1)sc1nc(-c3ccc4c(c3)CCCC4)cn12. The third-order valence-electron chi connectivity index (χ3n) is 5.62. The lowest BCUT2D eigenvalue weighted by Crippen LogP contribution is -2.02. The highest BCUT2D eigenvalue weighted by Gasteiger charge is 2.14. The first kappa shape index (κ1) is 16.1. The Hall–Kier alpha value is -2.13. The van der Waals surface area contributed by atoms with Gasteiger partial charge in [0.15, 0.2) is 4.96 Å². The fourth-order valence-electron chi connectivity index (χ4n) is 4.11. The molecule has 1 aliphatic rings. The highest BCUT2D eigenvalue weighted by Crippen LogP contribution is 2.32. The number of fused-ring (bicyclic) bond motifs is 4. The van der Waals surface area contributed by atoms with Crippen LogP contribution in [0.15, 0.2) is 42.6 Å². The summed E-state index contributed by atoms with van der Waals surface area (Å²) in [4.78, 5) is 6.04. The van der Waals surface area contributed by atoms with Crippen molar-refractivity contribution >= 4 is 26.5 Å². The zero-order valence-corrected chi connectivity index (χ0v) is 16.1. The van der Waals surface area contributed by atoms with Crippen LogP contribution in [0.5, 0.6) is 0 Å². The number of hydrogen-bond donors (Lipinski definition) is 0. The van der Waals surface area contributed by atoms with Gasteiger partial charge in [-0.05, 0) is 73.4 Å². The summed E-state index contributed by atoms with van der Waals surface area (Å²) in [5.41, 5.74) is 8.14. The van der Waals surface area contributed by atoms with Crippen molar-refractivity contribution in [2.45, 2.75) is 51.9 Å². The van der Waals surface area contributed by atoms with E-state index in [9.17, 15) is 0 Å². The smallest absolute Gasteiger partial charge is 0.195 e. The summed E-state index contributed by atoms with van der Waals surface area (Å²) < 4.78 is 3.61. The van der Waals surface area contributed by atoms with Crippen LogP contribution >= 0.6 is 11.3 Å². The van der Waals surface area contributed by atoms with Crippen molar-refractivity contribution in [3.63, 3.8) is 0 Å². The average molecular weight is 361 g/mol. The van der Waals surface area contributed by atoms with Crippen LogP contribution in [0.2, 0.25) is 0 Å². The molecular formula is C23H24N2S. The second-order valence-corrected chi connectivity index (χ2v) is 8.49. The van der Waals surface area contributed by atoms with Crippen molar-refractivity contribution in [2.24, 2.45) is 0 Å². The lowest BCUT2D eigenvalue weighted by molar-refractivity contribution is 0.686. The fourth-order valence-corrected chi connectivity index (χ4v) is 5.19. The number of thiazole rings is 1. The standard InChI is InChI=1S/C23H24N2S/c1-2-3-6-16-9-12-21-22(13-16)26-23-24-20(15-25(21)23)19-11-10-17-7-4-5-8-18(17)14-19/h9-15H,2-8H2,1H3. The molecule has 0 bridgehead atoms. The van der Waals surface area contributed by atoms with E-state index in [4.69, 9.17) is 4.98 Å². The van der Waals surface area contributed by atoms with Crippen LogP contribution in [-0.4, -0.2) is 9.38 Å². The third-order valence-corrected chi connectivity index (χ3v) is 6.64. The van der Waals surface area contributed by atoms with Gasteiger partial charge >= 0.3 is 0 Å². The summed E-state index contributed by atoms with van der Waals surface area (Å²) in [5.74, 6) is 0. The number of benzene rings is 2. The molecule has 0 aliphatic heterocycles. The average Bonchev–Trinajstić information content (AvgIpc) is 3.23. The molecule has 0 amide bonds. The Morgan fingerprint density at radius 1 is 1.04 bits per heavy atom. The Morgan fingerprint density at radius 2 is 1.92 bits per heavy atom. The topological polar surface area (TPSA) is 17.3 Å². The van der Waals surface area contributed by atoms with Crippen molar-refractivity contribution in [3.8, 4) is 11.3 Å². The van der Waals surface area contributed by atoms with E-state index in [0.29, 0.717) is 0 Å². The van der Waals surface area contributed by atoms with Gasteiger partial charge in [0, 0.05) is 11.8 Å². The van der Waals surface area contributed by atoms with Gasteiger partial charge in [-0.1, -0.05) is 42.9 Å². The molecule has 26 heavy (non-hydrogen) atoms. The number of unbranched alkanes of at least 4 members (excludes halogenated alkanes) is 1. The molecule has 2 aromatic carbocycles. The van der Waals surface area contributed by atoms with E-state index in [2.05, 4.69) is 53.9 Å². The van der Waals surface area contributed by atoms with Gasteiger partial charge in [0.2, 0.25) is 0 Å². The fraction of sp³-hybridized carbons (Fsp3) is 0.348. The summed E-state index contributed by atoms with van der Waals surface area (Å²) in [6.07, 6.45) is 11.0. The monoisotopic (exact) mass is 360 g/mol. The van der Waals surface area contributed by atoms with Gasteiger partial charge in [0.25, 0.3) is 0 Å². The van der Waals surface area contributed by atoms with Crippen LogP contribution in [-0.2, 0) is 19.3 Å². The van der Waals surface area contributed by atoms with Crippen molar-refractivity contribution in [3.05, 3.63) is 59.3 Å². The molecule has 0 saturated carbocycles. The molecule has 0 atom stereocenters. The molecule has 0 spiro atoms. The van der Waals surface area contributed by atoms with E-state index in [-0.39, 0.29) is 0 Å². The van der Waals surface area contributed by atoms with E-state index >= 15 is 0 Å². The Morgan fingerprint density at radius 3 is 2.81 bits per heavy atom. The highest BCUT2D eigenvalue weighted by atomic mass is 32.1. The van der Waals surface area contributed by atoms with E-state index < -0.39 is 0 Å². The lowest BCUT2D eigenvalue weighted by atomic mass is 9.90. The predicted octanol–water partition coefficient (Wildman–Crippen LogP) is 6.44. The summed E-state index contributed by atoms with van der Waals surface area (Å²) in [5, 5.41) is 0. The third kappa shape index (κ3) is 2.75. The van der Waals surface area contributed by atoms with Gasteiger partial charge < -0.3 is 0 Å². The first-order valence-corrected chi connectivity index (χ1v) is 10.7. The number of aromatic nitrogens is 2. The van der Waals surface area contributed by atoms with Crippen LogP contribution < -0.4 is 0 Å². The summed E-state index contributed by atoms with van der Waals surface area (Å²) in [6, 6.07) is 13.8. The predicted molar refractivity (Wildman–Crippen MR) is 111 cm³/mol. The van der Waals surface area contributed by atoms with Crippen molar-refractivity contribution in [1.82, 2.24) is 9.38 Å². The van der Waals surface area contributed by atoms with E-state index in [1.807, 2.05) is 0 Å². The molecule has 3 heteroatoms. The van der Waals surface area contributed by atoms with Gasteiger partial charge in [-0.3, -0.25) is 4.40 Å². The number of nitrogens with zero attached hydrogens (tertiary/aromatic N) is 2. The van der Waals surface area contributed by atoms with Crippen LogP contribution in [0, 0.1) is 0 Å². The minimum atomic E-state index is 1.10. The van der Waals surface area contributed by atoms with E-state index in [1.165, 1.54) is 77.4 Å². The van der Waals surface area contributed by atoms with Gasteiger partial charge in [0.05, 0.1) is 15.9 Å². The second kappa shape index (κ2) is 6.55. The van der Waals surface area contributed by atoms with Crippen LogP contribution in [0.3, 0.4) is 0 Å². The molecule has 4 aromatic rings. The highest BCUT2D eigenvalue weighted by molar-refractivity contribution is 7.23. The Balaban J connectivity index is 1.54. The van der Waals surface area contributed by atoms with Gasteiger partial charge in [0.1, 0.15) is 0 Å². The number of aryl methyl sites for hydroxylation is 3. The van der Waals surface area contributed by atoms with Crippen LogP contribution in [0.1, 0.15) is 49.3 Å². The Bertz CT molecular complexity index is 1090. The second-order valence-electron chi connectivity index (χ2n) is 7.48. The summed E-state index contributed by atoms with van der Waals surface area (Å²) in [6.45, 7) is 2.25. The summed E-state index contributed by atoms with van der Waals surface area (Å²) >= 11 is 1.81. The van der Waals surface area contributed by atoms with E-state index in [0.717, 1.165) is 10.7 Å². The molecule has 0 N–H and O–H groups in total. The van der Waals surface area contributed by atoms with Gasteiger partial charge in [-0.15, -0.1) is 0 Å². The molecule has 132 valence electrons. The number of imidazole rings is 1. The van der Waals surface area contributed by atoms with Crippen molar-refractivity contribution in [2.75, 3.05) is 0 Å². The van der Waals surface area contributed by atoms with E-state index in [1.54, 1.807) is 11.3 Å². The first-order chi connectivity index (χ1) is 12.8.